The summed E-state index contributed by atoms with van der Waals surface area (Å²) in [5, 5.41) is 9.28. The summed E-state index contributed by atoms with van der Waals surface area (Å²) in [6, 6.07) is 35.8. The second-order valence-electron chi connectivity index (χ2n) is 13.0. The van der Waals surface area contributed by atoms with Gasteiger partial charge in [-0.15, -0.1) is 0 Å². The van der Waals surface area contributed by atoms with Crippen molar-refractivity contribution in [3.63, 3.8) is 0 Å². The number of carbonyl (C=O) groups is 2. The van der Waals surface area contributed by atoms with E-state index in [0.29, 0.717) is 36.7 Å². The number of benzene rings is 4. The maximum Gasteiger partial charge on any atom is 0.411 e. The molecule has 10 heteroatoms. The normalized spacial score (nSPS) is 11.7. The highest BCUT2D eigenvalue weighted by Crippen LogP contribution is 2.24. The van der Waals surface area contributed by atoms with Gasteiger partial charge in [0.15, 0.2) is 6.79 Å². The summed E-state index contributed by atoms with van der Waals surface area (Å²) in [5.41, 5.74) is 4.23. The molecule has 0 fully saturated rings. The molecule has 260 valence electrons. The average molecular weight is 684 g/mol. The van der Waals surface area contributed by atoms with E-state index >= 15 is 0 Å². The Morgan fingerprint density at radius 3 is 2.04 bits per heavy atom. The van der Waals surface area contributed by atoms with Crippen LogP contribution in [0.25, 0.3) is 0 Å². The minimum absolute atomic E-state index is 0.0734. The molecule has 0 saturated heterocycles. The highest BCUT2D eigenvalue weighted by molar-refractivity contribution is 6.76. The van der Waals surface area contributed by atoms with Gasteiger partial charge in [-0.3, -0.25) is 5.32 Å². The van der Waals surface area contributed by atoms with E-state index in [9.17, 15) is 9.59 Å². The summed E-state index contributed by atoms with van der Waals surface area (Å²) in [6.07, 6.45) is 0.353. The molecular weight excluding hydrogens is 635 g/mol. The van der Waals surface area contributed by atoms with Crippen LogP contribution < -0.4 is 20.7 Å². The maximum absolute atomic E-state index is 13.1. The lowest BCUT2D eigenvalue weighted by Gasteiger charge is -2.20. The van der Waals surface area contributed by atoms with E-state index in [1.54, 1.807) is 18.2 Å². The zero-order chi connectivity index (χ0) is 34.7. The Morgan fingerprint density at radius 2 is 1.37 bits per heavy atom. The van der Waals surface area contributed by atoms with Gasteiger partial charge < -0.3 is 29.6 Å². The van der Waals surface area contributed by atoms with Crippen molar-refractivity contribution >= 4 is 25.9 Å². The molecule has 3 N–H and O–H groups in total. The predicted molar refractivity (Wildman–Crippen MR) is 196 cm³/mol. The smallest absolute Gasteiger partial charge is 0.411 e. The summed E-state index contributed by atoms with van der Waals surface area (Å²) in [5.74, 6) is 0.505. The van der Waals surface area contributed by atoms with Crippen LogP contribution in [-0.4, -0.2) is 46.2 Å². The first-order valence-corrected chi connectivity index (χ1v) is 20.5. The molecule has 0 aliphatic carbocycles. The van der Waals surface area contributed by atoms with Gasteiger partial charge >= 0.3 is 12.2 Å². The van der Waals surface area contributed by atoms with Crippen LogP contribution in [0.4, 0.5) is 15.3 Å². The number of ether oxygens (including phenoxy) is 4. The quantitative estimate of drug-likeness (QED) is 0.0520. The monoisotopic (exact) mass is 683 g/mol. The lowest BCUT2D eigenvalue weighted by molar-refractivity contribution is 0.0221. The van der Waals surface area contributed by atoms with E-state index < -0.39 is 20.3 Å². The molecule has 4 aromatic rings. The molecule has 0 heterocycles. The Balaban J connectivity index is 1.36. The Hall–Kier alpha value is -4.64. The molecule has 0 aliphatic rings. The van der Waals surface area contributed by atoms with Gasteiger partial charge in [0.25, 0.3) is 0 Å². The van der Waals surface area contributed by atoms with Gasteiger partial charge in [0, 0.05) is 45.4 Å². The predicted octanol–water partition coefficient (Wildman–Crippen LogP) is 8.14. The van der Waals surface area contributed by atoms with E-state index in [-0.39, 0.29) is 26.0 Å². The van der Waals surface area contributed by atoms with Crippen LogP contribution in [0.1, 0.15) is 28.7 Å². The van der Waals surface area contributed by atoms with Crippen molar-refractivity contribution in [2.24, 2.45) is 0 Å². The van der Waals surface area contributed by atoms with Crippen molar-refractivity contribution in [2.75, 3.05) is 25.3 Å². The Labute approximate surface area is 291 Å². The second kappa shape index (κ2) is 20.0. The number of hydrogen-bond donors (Lipinski definition) is 3. The van der Waals surface area contributed by atoms with Crippen LogP contribution in [0.5, 0.6) is 5.75 Å². The summed E-state index contributed by atoms with van der Waals surface area (Å²) in [7, 11) is -1.22. The number of rotatable bonds is 19. The SMILES string of the molecule is C[Si](C)(C)CCOCOc1ccc(COC(=O)N[C@H](CCc2ccccc2)CNCc2ccccc2)c(NC(=O)OCc2ccccc2)c1. The van der Waals surface area contributed by atoms with Gasteiger partial charge in [0.2, 0.25) is 0 Å². The van der Waals surface area contributed by atoms with Gasteiger partial charge in [-0.1, -0.05) is 111 Å². The highest BCUT2D eigenvalue weighted by Gasteiger charge is 2.17. The summed E-state index contributed by atoms with van der Waals surface area (Å²) in [4.78, 5) is 25.9. The fraction of sp³-hybridized carbons (Fsp3) is 0.333. The fourth-order valence-corrected chi connectivity index (χ4v) is 5.61. The van der Waals surface area contributed by atoms with E-state index in [1.165, 1.54) is 11.1 Å². The molecule has 0 unspecified atom stereocenters. The number of nitrogens with one attached hydrogen (secondary N) is 3. The number of carbonyl (C=O) groups excluding carboxylic acids is 2. The molecule has 1 atom stereocenters. The molecule has 0 aliphatic heterocycles. The van der Waals surface area contributed by atoms with E-state index in [2.05, 4.69) is 59.9 Å². The van der Waals surface area contributed by atoms with Crippen molar-refractivity contribution in [1.29, 1.82) is 0 Å². The third-order valence-electron chi connectivity index (χ3n) is 7.70. The minimum atomic E-state index is -1.22. The zero-order valence-corrected chi connectivity index (χ0v) is 29.8. The van der Waals surface area contributed by atoms with Crippen molar-refractivity contribution in [2.45, 2.75) is 64.3 Å². The van der Waals surface area contributed by atoms with Crippen LogP contribution in [0.3, 0.4) is 0 Å². The van der Waals surface area contributed by atoms with Crippen LogP contribution in [0.2, 0.25) is 25.7 Å². The lowest BCUT2D eigenvalue weighted by Crippen LogP contribution is -2.42. The van der Waals surface area contributed by atoms with Crippen LogP contribution >= 0.6 is 0 Å². The van der Waals surface area contributed by atoms with E-state index in [1.807, 2.05) is 66.7 Å². The maximum atomic E-state index is 13.1. The number of amides is 2. The molecule has 0 saturated carbocycles. The third-order valence-corrected chi connectivity index (χ3v) is 9.41. The second-order valence-corrected chi connectivity index (χ2v) is 18.7. The molecule has 9 nitrogen and oxygen atoms in total. The average Bonchev–Trinajstić information content (AvgIpc) is 3.10. The molecule has 49 heavy (non-hydrogen) atoms. The molecule has 2 amide bonds. The number of alkyl carbamates (subject to hydrolysis) is 1. The Morgan fingerprint density at radius 1 is 0.735 bits per heavy atom. The van der Waals surface area contributed by atoms with E-state index in [0.717, 1.165) is 24.4 Å². The number of hydrogen-bond acceptors (Lipinski definition) is 7. The fourth-order valence-electron chi connectivity index (χ4n) is 4.85. The van der Waals surface area contributed by atoms with Crippen molar-refractivity contribution < 1.29 is 28.5 Å². The summed E-state index contributed by atoms with van der Waals surface area (Å²) < 4.78 is 22.6. The molecule has 0 spiro atoms. The van der Waals surface area contributed by atoms with Crippen LogP contribution in [0, 0.1) is 0 Å². The first-order chi connectivity index (χ1) is 23.7. The topological polar surface area (TPSA) is 107 Å². The zero-order valence-electron chi connectivity index (χ0n) is 28.8. The van der Waals surface area contributed by atoms with Gasteiger partial charge in [-0.25, -0.2) is 9.59 Å². The number of anilines is 1. The first kappa shape index (κ1) is 37.2. The van der Waals surface area contributed by atoms with Crippen molar-refractivity contribution in [3.05, 3.63) is 131 Å². The van der Waals surface area contributed by atoms with Gasteiger partial charge in [-0.05, 0) is 47.7 Å². The highest BCUT2D eigenvalue weighted by atomic mass is 28.3. The molecule has 4 aromatic carbocycles. The van der Waals surface area contributed by atoms with Gasteiger partial charge in [0.05, 0.1) is 5.69 Å². The third kappa shape index (κ3) is 15.0. The van der Waals surface area contributed by atoms with Crippen LogP contribution in [0.15, 0.2) is 109 Å². The van der Waals surface area contributed by atoms with Crippen LogP contribution in [-0.2, 0) is 40.4 Å². The molecule has 4 rings (SSSR count). The number of aryl methyl sites for hydroxylation is 1. The first-order valence-electron chi connectivity index (χ1n) is 16.8. The molecular formula is C39H49N3O6Si. The summed E-state index contributed by atoms with van der Waals surface area (Å²) >= 11 is 0. The standard InChI is InChI=1S/C39H49N3O6Si/c1-49(2,3)24-23-45-30-48-36-22-20-34(37(25-36)42-39(44)46-28-33-17-11-6-12-18-33)29-47-38(43)41-35(21-19-31-13-7-4-8-14-31)27-40-26-32-15-9-5-10-16-32/h4-18,20,22,25,35,40H,19,21,23-24,26-30H2,1-3H3,(H,41,43)(H,42,44)/t35-/m1/s1. The lowest BCUT2D eigenvalue weighted by atomic mass is 10.1. The molecule has 0 radical (unpaired) electrons. The minimum Gasteiger partial charge on any atom is -0.467 e. The molecule has 0 bridgehead atoms. The van der Waals surface area contributed by atoms with Gasteiger partial charge in [0.1, 0.15) is 19.0 Å². The molecule has 0 aromatic heterocycles. The van der Waals surface area contributed by atoms with Crippen molar-refractivity contribution in [1.82, 2.24) is 10.6 Å². The summed E-state index contributed by atoms with van der Waals surface area (Å²) in [6.45, 7) is 8.89. The van der Waals surface area contributed by atoms with Gasteiger partial charge in [-0.2, -0.15) is 0 Å². The largest absolute Gasteiger partial charge is 0.467 e. The Bertz CT molecular complexity index is 1550. The van der Waals surface area contributed by atoms with Crippen molar-refractivity contribution in [3.8, 4) is 5.75 Å². The van der Waals surface area contributed by atoms with E-state index in [4.69, 9.17) is 18.9 Å². The Kier molecular flexibility index (Phi) is 15.2.